The van der Waals surface area contributed by atoms with Crippen LogP contribution in [-0.2, 0) is 0 Å². The zero-order valence-corrected chi connectivity index (χ0v) is 11.8. The molecule has 4 atom stereocenters. The molecule has 1 aliphatic carbocycles. The van der Waals surface area contributed by atoms with Gasteiger partial charge in [-0.3, -0.25) is 0 Å². The first kappa shape index (κ1) is 13.9. The molecule has 102 valence electrons. The maximum Gasteiger partial charge on any atom is 0.0240 e. The Morgan fingerprint density at radius 2 is 2.17 bits per heavy atom. The molecule has 0 spiro atoms. The molecule has 0 aromatic heterocycles. The SMILES string of the molecule is C#CCC(CC)NC1CCCC1C1CCCCN1. The van der Waals surface area contributed by atoms with E-state index in [1.54, 1.807) is 0 Å². The third-order valence-corrected chi connectivity index (χ3v) is 4.74. The molecule has 0 radical (unpaired) electrons. The number of hydrogen-bond donors (Lipinski definition) is 2. The van der Waals surface area contributed by atoms with E-state index in [1.807, 2.05) is 0 Å². The topological polar surface area (TPSA) is 24.1 Å². The molecule has 2 N–H and O–H groups in total. The van der Waals surface area contributed by atoms with Crippen molar-refractivity contribution >= 4 is 0 Å². The molecule has 4 unspecified atom stereocenters. The van der Waals surface area contributed by atoms with E-state index in [-0.39, 0.29) is 0 Å². The van der Waals surface area contributed by atoms with E-state index < -0.39 is 0 Å². The summed E-state index contributed by atoms with van der Waals surface area (Å²) in [5, 5.41) is 7.57. The molecule has 2 heteroatoms. The Labute approximate surface area is 112 Å². The van der Waals surface area contributed by atoms with Gasteiger partial charge in [0.1, 0.15) is 0 Å². The summed E-state index contributed by atoms with van der Waals surface area (Å²) in [6.07, 6.45) is 15.7. The van der Waals surface area contributed by atoms with Crippen LogP contribution in [0.5, 0.6) is 0 Å². The number of nitrogens with one attached hydrogen (secondary N) is 2. The maximum atomic E-state index is 5.45. The minimum absolute atomic E-state index is 0.518. The quantitative estimate of drug-likeness (QED) is 0.731. The molecule has 1 saturated carbocycles. The van der Waals surface area contributed by atoms with Gasteiger partial charge >= 0.3 is 0 Å². The van der Waals surface area contributed by atoms with Gasteiger partial charge in [-0.05, 0) is 44.6 Å². The zero-order valence-electron chi connectivity index (χ0n) is 11.8. The van der Waals surface area contributed by atoms with Gasteiger partial charge in [0.15, 0.2) is 0 Å². The molecule has 0 aromatic carbocycles. The number of rotatable bonds is 5. The Morgan fingerprint density at radius 1 is 1.28 bits per heavy atom. The van der Waals surface area contributed by atoms with Gasteiger partial charge in [0.2, 0.25) is 0 Å². The van der Waals surface area contributed by atoms with Crippen LogP contribution in [0.1, 0.15) is 58.3 Å². The number of piperidine rings is 1. The molecule has 1 aliphatic heterocycles. The van der Waals surface area contributed by atoms with Crippen molar-refractivity contribution < 1.29 is 0 Å². The van der Waals surface area contributed by atoms with E-state index in [9.17, 15) is 0 Å². The van der Waals surface area contributed by atoms with Crippen LogP contribution in [0, 0.1) is 18.3 Å². The van der Waals surface area contributed by atoms with E-state index in [2.05, 4.69) is 23.5 Å². The van der Waals surface area contributed by atoms with Crippen molar-refractivity contribution in [2.75, 3.05) is 6.54 Å². The molecule has 0 aromatic rings. The van der Waals surface area contributed by atoms with Crippen molar-refractivity contribution in [1.82, 2.24) is 10.6 Å². The average Bonchev–Trinajstić information content (AvgIpc) is 2.87. The fourth-order valence-corrected chi connectivity index (χ4v) is 3.69. The largest absolute Gasteiger partial charge is 0.314 e. The van der Waals surface area contributed by atoms with Crippen molar-refractivity contribution in [3.05, 3.63) is 0 Å². The molecule has 2 nitrogen and oxygen atoms in total. The molecule has 2 fully saturated rings. The van der Waals surface area contributed by atoms with Gasteiger partial charge in [0.25, 0.3) is 0 Å². The normalized spacial score (nSPS) is 34.1. The molecule has 0 amide bonds. The molecule has 2 rings (SSSR count). The summed E-state index contributed by atoms with van der Waals surface area (Å²) < 4.78 is 0. The van der Waals surface area contributed by atoms with Gasteiger partial charge in [-0.25, -0.2) is 0 Å². The van der Waals surface area contributed by atoms with Crippen LogP contribution < -0.4 is 10.6 Å². The second-order valence-corrected chi connectivity index (χ2v) is 5.94. The fraction of sp³-hybridized carbons (Fsp3) is 0.875. The van der Waals surface area contributed by atoms with Crippen LogP contribution in [0.3, 0.4) is 0 Å². The van der Waals surface area contributed by atoms with Crippen LogP contribution >= 0.6 is 0 Å². The molecule has 1 heterocycles. The van der Waals surface area contributed by atoms with Gasteiger partial charge in [-0.2, -0.15) is 0 Å². The first-order valence-electron chi connectivity index (χ1n) is 7.78. The van der Waals surface area contributed by atoms with Gasteiger partial charge in [-0.15, -0.1) is 12.3 Å². The second kappa shape index (κ2) is 7.16. The highest BCUT2D eigenvalue weighted by Gasteiger charge is 2.34. The van der Waals surface area contributed by atoms with E-state index in [4.69, 9.17) is 6.42 Å². The lowest BCUT2D eigenvalue weighted by molar-refractivity contribution is 0.245. The Hall–Kier alpha value is -0.520. The van der Waals surface area contributed by atoms with E-state index >= 15 is 0 Å². The summed E-state index contributed by atoms with van der Waals surface area (Å²) in [5.41, 5.74) is 0. The van der Waals surface area contributed by atoms with Crippen molar-refractivity contribution in [2.24, 2.45) is 5.92 Å². The smallest absolute Gasteiger partial charge is 0.0240 e. The monoisotopic (exact) mass is 248 g/mol. The van der Waals surface area contributed by atoms with Gasteiger partial charge in [0.05, 0.1) is 0 Å². The average molecular weight is 248 g/mol. The summed E-state index contributed by atoms with van der Waals surface area (Å²) in [4.78, 5) is 0. The van der Waals surface area contributed by atoms with Crippen molar-refractivity contribution in [3.8, 4) is 12.3 Å². The summed E-state index contributed by atoms with van der Waals surface area (Å²) in [6.45, 7) is 3.45. The molecule has 2 aliphatic rings. The minimum atomic E-state index is 0.518. The molecule has 0 bridgehead atoms. The Bertz CT molecular complexity index is 275. The van der Waals surface area contributed by atoms with Crippen molar-refractivity contribution in [2.45, 2.75) is 76.4 Å². The standard InChI is InChI=1S/C16H28N2/c1-3-8-13(4-2)18-16-11-7-9-14(16)15-10-5-6-12-17-15/h1,13-18H,4-12H2,2H3. The molecular formula is C16H28N2. The predicted molar refractivity (Wildman–Crippen MR) is 77.4 cm³/mol. The fourth-order valence-electron chi connectivity index (χ4n) is 3.69. The highest BCUT2D eigenvalue weighted by molar-refractivity contribution is 4.96. The van der Waals surface area contributed by atoms with Crippen LogP contribution in [0.4, 0.5) is 0 Å². The summed E-state index contributed by atoms with van der Waals surface area (Å²) in [6, 6.07) is 1.96. The first-order chi connectivity index (χ1) is 8.85. The Kier molecular flexibility index (Phi) is 5.53. The number of hydrogen-bond acceptors (Lipinski definition) is 2. The molecular weight excluding hydrogens is 220 g/mol. The predicted octanol–water partition coefficient (Wildman–Crippen LogP) is 2.69. The number of terminal acetylenes is 1. The highest BCUT2D eigenvalue weighted by Crippen LogP contribution is 2.32. The lowest BCUT2D eigenvalue weighted by atomic mass is 9.88. The molecule has 18 heavy (non-hydrogen) atoms. The van der Waals surface area contributed by atoms with Gasteiger partial charge in [-0.1, -0.05) is 19.8 Å². The van der Waals surface area contributed by atoms with Crippen molar-refractivity contribution in [3.63, 3.8) is 0 Å². The second-order valence-electron chi connectivity index (χ2n) is 5.94. The van der Waals surface area contributed by atoms with Crippen LogP contribution in [-0.4, -0.2) is 24.7 Å². The van der Waals surface area contributed by atoms with Crippen LogP contribution in [0.15, 0.2) is 0 Å². The van der Waals surface area contributed by atoms with E-state index in [1.165, 1.54) is 45.1 Å². The Balaban J connectivity index is 1.88. The van der Waals surface area contributed by atoms with Crippen LogP contribution in [0.25, 0.3) is 0 Å². The molecule has 1 saturated heterocycles. The third-order valence-electron chi connectivity index (χ3n) is 4.74. The summed E-state index contributed by atoms with van der Waals surface area (Å²) >= 11 is 0. The Morgan fingerprint density at radius 3 is 2.83 bits per heavy atom. The summed E-state index contributed by atoms with van der Waals surface area (Å²) in [7, 11) is 0. The zero-order chi connectivity index (χ0) is 12.8. The van der Waals surface area contributed by atoms with Crippen LogP contribution in [0.2, 0.25) is 0 Å². The first-order valence-corrected chi connectivity index (χ1v) is 7.78. The van der Waals surface area contributed by atoms with Gasteiger partial charge in [0, 0.05) is 24.5 Å². The highest BCUT2D eigenvalue weighted by atomic mass is 15.0. The van der Waals surface area contributed by atoms with Gasteiger partial charge < -0.3 is 10.6 Å². The minimum Gasteiger partial charge on any atom is -0.314 e. The third kappa shape index (κ3) is 3.49. The van der Waals surface area contributed by atoms with E-state index in [0.717, 1.165) is 24.8 Å². The maximum absolute atomic E-state index is 5.45. The lowest BCUT2D eigenvalue weighted by Crippen LogP contribution is -2.49. The summed E-state index contributed by atoms with van der Waals surface area (Å²) in [5.74, 6) is 3.64. The lowest BCUT2D eigenvalue weighted by Gasteiger charge is -2.34. The van der Waals surface area contributed by atoms with E-state index in [0.29, 0.717) is 12.1 Å². The van der Waals surface area contributed by atoms with Crippen molar-refractivity contribution in [1.29, 1.82) is 0 Å².